The quantitative estimate of drug-likeness (QED) is 0.372. The van der Waals surface area contributed by atoms with Crippen LogP contribution in [-0.2, 0) is 16.0 Å². The van der Waals surface area contributed by atoms with Crippen molar-refractivity contribution in [3.63, 3.8) is 0 Å². The van der Waals surface area contributed by atoms with Gasteiger partial charge < -0.3 is 9.72 Å². The number of methoxy groups -OCH3 is 1. The predicted octanol–water partition coefficient (Wildman–Crippen LogP) is 5.72. The second-order valence-corrected chi connectivity index (χ2v) is 9.58. The summed E-state index contributed by atoms with van der Waals surface area (Å²) < 4.78 is 49.6. The van der Waals surface area contributed by atoms with Crippen LogP contribution in [0.5, 0.6) is 0 Å². The number of nitrogens with zero attached hydrogens (tertiary/aromatic N) is 1. The number of H-pyrrole nitrogens is 1. The molecule has 1 aliphatic carbocycles. The van der Waals surface area contributed by atoms with Crippen molar-refractivity contribution in [1.29, 1.82) is 0 Å². The van der Waals surface area contributed by atoms with Gasteiger partial charge in [-0.15, -0.1) is 0 Å². The number of aromatic amines is 1. The van der Waals surface area contributed by atoms with Gasteiger partial charge in [0.15, 0.2) is 0 Å². The minimum absolute atomic E-state index is 0.0292. The molecule has 2 atom stereocenters. The van der Waals surface area contributed by atoms with Gasteiger partial charge in [-0.3, -0.25) is 9.29 Å². The van der Waals surface area contributed by atoms with Gasteiger partial charge in [-0.05, 0) is 61.6 Å². The van der Waals surface area contributed by atoms with Gasteiger partial charge in [0.1, 0.15) is 11.6 Å². The van der Waals surface area contributed by atoms with Crippen LogP contribution in [0, 0.1) is 17.0 Å². The lowest BCUT2D eigenvalue weighted by Crippen LogP contribution is -2.46. The van der Waals surface area contributed by atoms with Crippen LogP contribution in [0.25, 0.3) is 17.0 Å². The molecule has 0 unspecified atom stereocenters. The van der Waals surface area contributed by atoms with Crippen molar-refractivity contribution >= 4 is 22.9 Å². The molecule has 0 saturated heterocycles. The largest absolute Gasteiger partial charge is 0.466 e. The Bertz CT molecular complexity index is 1260. The van der Waals surface area contributed by atoms with E-state index in [0.29, 0.717) is 13.0 Å². The number of hydrogen-bond acceptors (Lipinski definition) is 3. The zero-order valence-corrected chi connectivity index (χ0v) is 19.2. The van der Waals surface area contributed by atoms with Crippen LogP contribution in [0.1, 0.15) is 48.2 Å². The van der Waals surface area contributed by atoms with Crippen molar-refractivity contribution < 1.29 is 22.7 Å². The summed E-state index contributed by atoms with van der Waals surface area (Å²) in [6, 6.07) is 9.55. The molecule has 0 radical (unpaired) electrons. The number of nitrogens with one attached hydrogen (secondary N) is 1. The van der Waals surface area contributed by atoms with E-state index in [9.17, 15) is 9.18 Å². The fraction of sp³-hybridized carbons (Fsp3) is 0.370. The zero-order chi connectivity index (χ0) is 24.0. The number of benzene rings is 2. The van der Waals surface area contributed by atoms with Gasteiger partial charge in [-0.25, -0.2) is 13.6 Å². The van der Waals surface area contributed by atoms with Gasteiger partial charge in [-0.2, -0.15) is 0 Å². The van der Waals surface area contributed by atoms with Gasteiger partial charge >= 0.3 is 5.97 Å². The standard InChI is InChI=1S/C27H27F3N2O2/c1-16-11-19-18-5-3-4-6-22(18)31-25(19)26(32(16)15-27(14-28)9-10-27)24-20(29)12-17(13-21(24)30)7-8-23(33)34-2/h3-8,12-13,16,26,31H,9-11,14-15H2,1-2H3/b8-7+/t16-,26-/m1/s1. The van der Waals surface area contributed by atoms with E-state index in [1.165, 1.54) is 25.3 Å². The number of fused-ring (bicyclic) bond motifs is 3. The summed E-state index contributed by atoms with van der Waals surface area (Å²) in [4.78, 5) is 16.9. The third-order valence-electron chi connectivity index (χ3n) is 7.26. The third kappa shape index (κ3) is 3.92. The molecule has 1 N–H and O–H groups in total. The number of hydrogen-bond donors (Lipinski definition) is 1. The number of carbonyl (C=O) groups excluding carboxylic acids is 1. The lowest BCUT2D eigenvalue weighted by atomic mass is 9.86. The fourth-order valence-corrected chi connectivity index (χ4v) is 5.16. The van der Waals surface area contributed by atoms with Crippen molar-refractivity contribution in [1.82, 2.24) is 9.88 Å². The maximum absolute atomic E-state index is 15.6. The molecule has 7 heteroatoms. The number of halogens is 3. The molecule has 0 spiro atoms. The van der Waals surface area contributed by atoms with Gasteiger partial charge in [-0.1, -0.05) is 18.2 Å². The molecule has 0 bridgehead atoms. The second-order valence-electron chi connectivity index (χ2n) is 9.58. The van der Waals surface area contributed by atoms with Gasteiger partial charge in [0.05, 0.1) is 19.8 Å². The SMILES string of the molecule is COC(=O)/C=C/c1cc(F)c([C@@H]2c3[nH]c4ccccc4c3C[C@@H](C)N2CC2(CF)CC2)c(F)c1. The number of alkyl halides is 1. The van der Waals surface area contributed by atoms with Crippen molar-refractivity contribution in [2.45, 2.75) is 38.3 Å². The molecule has 178 valence electrons. The van der Waals surface area contributed by atoms with E-state index in [1.54, 1.807) is 0 Å². The molecule has 2 aliphatic rings. The molecule has 34 heavy (non-hydrogen) atoms. The summed E-state index contributed by atoms with van der Waals surface area (Å²) in [6.45, 7) is 2.03. The molecule has 0 amide bonds. The second kappa shape index (κ2) is 8.62. The van der Waals surface area contributed by atoms with Crippen LogP contribution in [0.4, 0.5) is 13.2 Å². The Morgan fingerprint density at radius 3 is 2.59 bits per heavy atom. The maximum atomic E-state index is 15.6. The Morgan fingerprint density at radius 2 is 1.94 bits per heavy atom. The predicted molar refractivity (Wildman–Crippen MR) is 125 cm³/mol. The Hall–Kier alpha value is -3.06. The van der Waals surface area contributed by atoms with Crippen LogP contribution >= 0.6 is 0 Å². The average Bonchev–Trinajstić information content (AvgIpc) is 3.51. The smallest absolute Gasteiger partial charge is 0.330 e. The number of carbonyl (C=O) groups is 1. The number of aromatic nitrogens is 1. The highest BCUT2D eigenvalue weighted by molar-refractivity contribution is 5.87. The summed E-state index contributed by atoms with van der Waals surface area (Å²) in [5.41, 5.74) is 2.43. The molecule has 2 aromatic carbocycles. The van der Waals surface area contributed by atoms with Gasteiger partial charge in [0.2, 0.25) is 0 Å². The molecule has 3 aromatic rings. The molecule has 1 fully saturated rings. The normalized spacial score (nSPS) is 21.7. The molecule has 1 aliphatic heterocycles. The summed E-state index contributed by atoms with van der Waals surface area (Å²) in [5, 5.41) is 1.04. The number of esters is 1. The molecular formula is C27H27F3N2O2. The Labute approximate surface area is 196 Å². The van der Waals surface area contributed by atoms with Crippen LogP contribution < -0.4 is 0 Å². The van der Waals surface area contributed by atoms with E-state index < -0.39 is 35.7 Å². The van der Waals surface area contributed by atoms with Crippen molar-refractivity contribution in [3.8, 4) is 0 Å². The first-order valence-corrected chi connectivity index (χ1v) is 11.5. The first-order valence-electron chi connectivity index (χ1n) is 11.5. The zero-order valence-electron chi connectivity index (χ0n) is 19.2. The van der Waals surface area contributed by atoms with Crippen LogP contribution in [0.15, 0.2) is 42.5 Å². The monoisotopic (exact) mass is 468 g/mol. The highest BCUT2D eigenvalue weighted by Crippen LogP contribution is 2.51. The molecule has 2 heterocycles. The summed E-state index contributed by atoms with van der Waals surface area (Å²) in [7, 11) is 1.23. The van der Waals surface area contributed by atoms with Crippen LogP contribution in [-0.4, -0.2) is 42.2 Å². The van der Waals surface area contributed by atoms with Crippen molar-refractivity contribution in [3.05, 3.63) is 76.5 Å². The van der Waals surface area contributed by atoms with E-state index in [-0.39, 0.29) is 17.2 Å². The topological polar surface area (TPSA) is 45.3 Å². The number of rotatable bonds is 6. The van der Waals surface area contributed by atoms with Gasteiger partial charge in [0, 0.05) is 46.2 Å². The summed E-state index contributed by atoms with van der Waals surface area (Å²) in [6.07, 6.45) is 4.71. The van der Waals surface area contributed by atoms with E-state index in [1.807, 2.05) is 31.2 Å². The molecule has 1 aromatic heterocycles. The molecule has 1 saturated carbocycles. The summed E-state index contributed by atoms with van der Waals surface area (Å²) in [5.74, 6) is -2.02. The first kappa shape index (κ1) is 22.7. The summed E-state index contributed by atoms with van der Waals surface area (Å²) >= 11 is 0. The van der Waals surface area contributed by atoms with E-state index >= 15 is 8.78 Å². The Morgan fingerprint density at radius 1 is 1.24 bits per heavy atom. The maximum Gasteiger partial charge on any atom is 0.330 e. The average molecular weight is 469 g/mol. The van der Waals surface area contributed by atoms with E-state index in [4.69, 9.17) is 0 Å². The number of para-hydroxylation sites is 1. The minimum atomic E-state index is -0.714. The highest BCUT2D eigenvalue weighted by Gasteiger charge is 2.48. The van der Waals surface area contributed by atoms with Crippen molar-refractivity contribution in [2.24, 2.45) is 5.41 Å². The van der Waals surface area contributed by atoms with E-state index in [0.717, 1.165) is 41.1 Å². The Balaban J connectivity index is 1.64. The fourth-order valence-electron chi connectivity index (χ4n) is 5.16. The molecular weight excluding hydrogens is 441 g/mol. The lowest BCUT2D eigenvalue weighted by Gasteiger charge is -2.42. The Kier molecular flexibility index (Phi) is 5.76. The number of ether oxygens (including phenoxy) is 1. The molecule has 5 rings (SSSR count). The highest BCUT2D eigenvalue weighted by atomic mass is 19.1. The van der Waals surface area contributed by atoms with Crippen molar-refractivity contribution in [2.75, 3.05) is 20.3 Å². The first-order chi connectivity index (χ1) is 16.4. The van der Waals surface area contributed by atoms with Crippen LogP contribution in [0.3, 0.4) is 0 Å². The van der Waals surface area contributed by atoms with E-state index in [2.05, 4.69) is 14.6 Å². The third-order valence-corrected chi connectivity index (χ3v) is 7.26. The van der Waals surface area contributed by atoms with Crippen LogP contribution in [0.2, 0.25) is 0 Å². The lowest BCUT2D eigenvalue weighted by molar-refractivity contribution is -0.134. The minimum Gasteiger partial charge on any atom is -0.466 e. The molecule has 4 nitrogen and oxygen atoms in total. The van der Waals surface area contributed by atoms with Gasteiger partial charge in [0.25, 0.3) is 0 Å².